The molecule has 0 N–H and O–H groups in total. The van der Waals surface area contributed by atoms with Gasteiger partial charge in [0.25, 0.3) is 0 Å². The largest absolute Gasteiger partial charge is 0.533 e. The lowest BCUT2D eigenvalue weighted by Gasteiger charge is -2.44. The third-order valence-corrected chi connectivity index (χ3v) is 7.67. The molecule has 0 saturated heterocycles. The minimum Gasteiger partial charge on any atom is -0.514 e. The predicted octanol–water partition coefficient (Wildman–Crippen LogP) is 8.68. The van der Waals surface area contributed by atoms with Crippen molar-refractivity contribution in [3.8, 4) is 0 Å². The van der Waals surface area contributed by atoms with Crippen LogP contribution in [0, 0.1) is 0 Å². The highest BCUT2D eigenvalue weighted by Crippen LogP contribution is 2.65. The first-order valence-electron chi connectivity index (χ1n) is 9.41. The summed E-state index contributed by atoms with van der Waals surface area (Å²) in [7, 11) is -6.22. The molecule has 0 rings (SSSR count). The summed E-state index contributed by atoms with van der Waals surface area (Å²) in [6.45, 7) is 6.69. The van der Waals surface area contributed by atoms with Gasteiger partial charge in [0.15, 0.2) is 0 Å². The molecule has 0 saturated carbocycles. The molecule has 1 atom stereocenters. The van der Waals surface area contributed by atoms with E-state index < -0.39 is 79.4 Å². The first-order chi connectivity index (χ1) is 17.0. The lowest BCUT2D eigenvalue weighted by molar-refractivity contribution is -0.464. The summed E-state index contributed by atoms with van der Waals surface area (Å²) in [6.07, 6.45) is -14.2. The third kappa shape index (κ3) is 5.18. The van der Waals surface area contributed by atoms with Crippen molar-refractivity contribution >= 4 is 8.56 Å². The summed E-state index contributed by atoms with van der Waals surface area (Å²) in [6, 6.07) is 0. The molecule has 0 aliphatic heterocycles. The van der Waals surface area contributed by atoms with Gasteiger partial charge in [-0.25, -0.2) is 4.39 Å². The van der Waals surface area contributed by atoms with Crippen LogP contribution in [0.15, 0.2) is 24.7 Å². The first kappa shape index (κ1) is 37.9. The summed E-state index contributed by atoms with van der Waals surface area (Å²) in [5.41, 5.74) is -6.31. The van der Waals surface area contributed by atoms with Crippen molar-refractivity contribution in [3.05, 3.63) is 24.7 Å². The minimum atomic E-state index is -9.05. The minimum absolute atomic E-state index is 0.127. The molecular weight excluding hydrogens is 644 g/mol. The molecule has 0 aromatic rings. The Kier molecular flexibility index (Phi) is 9.49. The van der Waals surface area contributed by atoms with Crippen LogP contribution in [-0.2, 0) is 8.85 Å². The van der Waals surface area contributed by atoms with E-state index in [1.807, 2.05) is 0 Å². The second-order valence-electron chi connectivity index (χ2n) is 8.11. The van der Waals surface area contributed by atoms with Crippen molar-refractivity contribution in [1.82, 2.24) is 0 Å². The number of hydrogen-bond donors (Lipinski definition) is 0. The zero-order valence-corrected chi connectivity index (χ0v) is 20.4. The number of alkyl halides is 20. The number of halogens is 20. The lowest BCUT2D eigenvalue weighted by atomic mass is 9.88. The van der Waals surface area contributed by atoms with E-state index in [2.05, 4.69) is 22.0 Å². The van der Waals surface area contributed by atoms with Gasteiger partial charge in [0.05, 0.1) is 11.5 Å². The average molecular weight is 658 g/mol. The van der Waals surface area contributed by atoms with E-state index in [-0.39, 0.29) is 6.55 Å². The highest BCUT2D eigenvalue weighted by molar-refractivity contribution is 6.69. The lowest BCUT2D eigenvalue weighted by Crippen LogP contribution is -2.76. The summed E-state index contributed by atoms with van der Waals surface area (Å²) in [5.74, 6) is -62.9. The summed E-state index contributed by atoms with van der Waals surface area (Å²) in [5, 5.41) is 0. The Hall–Kier alpha value is -2.10. The van der Waals surface area contributed by atoms with Crippen molar-refractivity contribution in [3.63, 3.8) is 0 Å². The topological polar surface area (TPSA) is 18.5 Å². The second kappa shape index (κ2) is 10.0. The number of allylic oxidation sites excluding steroid dienone is 2. The zero-order chi connectivity index (χ0) is 33.1. The van der Waals surface area contributed by atoms with Crippen molar-refractivity contribution in [2.24, 2.45) is 0 Å². The van der Waals surface area contributed by atoms with Crippen LogP contribution in [0.5, 0.6) is 0 Å². The fraction of sp³-hybridized carbons (Fsp3) is 0.765. The van der Waals surface area contributed by atoms with Crippen LogP contribution >= 0.6 is 0 Å². The molecule has 0 aliphatic rings. The van der Waals surface area contributed by atoms with E-state index in [4.69, 9.17) is 0 Å². The molecule has 0 spiro atoms. The van der Waals surface area contributed by atoms with Crippen molar-refractivity contribution in [1.29, 1.82) is 0 Å². The van der Waals surface area contributed by atoms with Gasteiger partial charge in [0.1, 0.15) is 0 Å². The fourth-order valence-corrected chi connectivity index (χ4v) is 4.90. The molecule has 2 nitrogen and oxygen atoms in total. The summed E-state index contributed by atoms with van der Waals surface area (Å²) >= 11 is 0. The molecule has 238 valence electrons. The van der Waals surface area contributed by atoms with Gasteiger partial charge in [-0.2, -0.15) is 83.4 Å². The highest BCUT2D eigenvalue weighted by atomic mass is 28.4. The molecule has 40 heavy (non-hydrogen) atoms. The van der Waals surface area contributed by atoms with E-state index in [0.29, 0.717) is 13.8 Å². The van der Waals surface area contributed by atoms with Crippen LogP contribution < -0.4 is 0 Å². The second-order valence-corrected chi connectivity index (χ2v) is 11.1. The van der Waals surface area contributed by atoms with Crippen LogP contribution in [-0.4, -0.2) is 67.9 Å². The Morgan fingerprint density at radius 2 is 0.775 bits per heavy atom. The maximum atomic E-state index is 14.6. The maximum Gasteiger partial charge on any atom is 0.533 e. The molecule has 0 aromatic heterocycles. The number of rotatable bonds is 13. The fourth-order valence-electron chi connectivity index (χ4n) is 2.61. The molecule has 0 aromatic carbocycles. The standard InChI is InChI=1S/C17H14F20O2Si/c1-6(2)38-40(5,39-7(3)4)10(21,22)8(18)9(19,20)11(23,24)12(25,26)13(27,28)14(29,30)15(31,32)16(33,34)17(35,36)37/h8H,1,3H2,2,4-5H3. The van der Waals surface area contributed by atoms with E-state index in [0.717, 1.165) is 0 Å². The van der Waals surface area contributed by atoms with Gasteiger partial charge in [-0.1, -0.05) is 13.2 Å². The van der Waals surface area contributed by atoms with Gasteiger partial charge < -0.3 is 8.85 Å². The van der Waals surface area contributed by atoms with E-state index in [1.54, 1.807) is 0 Å². The van der Waals surface area contributed by atoms with Gasteiger partial charge in [-0.15, -0.1) is 0 Å². The van der Waals surface area contributed by atoms with Crippen molar-refractivity contribution in [2.75, 3.05) is 0 Å². The zero-order valence-electron chi connectivity index (χ0n) is 19.4. The molecule has 0 amide bonds. The third-order valence-electron chi connectivity index (χ3n) is 4.73. The Labute approximate surface area is 210 Å². The molecule has 0 bridgehead atoms. The van der Waals surface area contributed by atoms with Gasteiger partial charge in [-0.3, -0.25) is 0 Å². The van der Waals surface area contributed by atoms with E-state index >= 15 is 0 Å². The van der Waals surface area contributed by atoms with Crippen molar-refractivity contribution in [2.45, 2.75) is 79.7 Å². The molecular formula is C17H14F20O2Si. The van der Waals surface area contributed by atoms with Crippen LogP contribution in [0.3, 0.4) is 0 Å². The van der Waals surface area contributed by atoms with Gasteiger partial charge in [0, 0.05) is 6.55 Å². The smallest absolute Gasteiger partial charge is 0.514 e. The molecule has 0 radical (unpaired) electrons. The maximum absolute atomic E-state index is 14.6. The Morgan fingerprint density at radius 1 is 0.525 bits per heavy atom. The van der Waals surface area contributed by atoms with Crippen LogP contribution in [0.25, 0.3) is 0 Å². The van der Waals surface area contributed by atoms with Crippen LogP contribution in [0.4, 0.5) is 87.8 Å². The van der Waals surface area contributed by atoms with Crippen LogP contribution in [0.2, 0.25) is 6.55 Å². The molecule has 0 heterocycles. The predicted molar refractivity (Wildman–Crippen MR) is 93.9 cm³/mol. The van der Waals surface area contributed by atoms with E-state index in [1.165, 1.54) is 0 Å². The molecule has 0 fully saturated rings. The van der Waals surface area contributed by atoms with Gasteiger partial charge in [0.2, 0.25) is 6.17 Å². The van der Waals surface area contributed by atoms with E-state index in [9.17, 15) is 87.8 Å². The highest BCUT2D eigenvalue weighted by Gasteiger charge is 2.96. The summed E-state index contributed by atoms with van der Waals surface area (Å²) < 4.78 is 278. The SMILES string of the molecule is C=C(C)O[Si](C)(OC(=C)C)C(F)(F)C(F)C(F)(F)C(F)(F)C(F)(F)C(F)(F)C(F)(F)C(F)(F)C(F)(F)C(F)(F)F. The molecule has 0 aliphatic carbocycles. The Bertz CT molecular complexity index is 953. The monoisotopic (exact) mass is 658 g/mol. The van der Waals surface area contributed by atoms with Gasteiger partial charge in [-0.05, 0) is 13.8 Å². The first-order valence-corrected chi connectivity index (χ1v) is 11.7. The van der Waals surface area contributed by atoms with Crippen LogP contribution in [0.1, 0.15) is 13.8 Å². The number of hydrogen-bond acceptors (Lipinski definition) is 2. The quantitative estimate of drug-likeness (QED) is 0.112. The average Bonchev–Trinajstić information content (AvgIpc) is 2.69. The summed E-state index contributed by atoms with van der Waals surface area (Å²) in [4.78, 5) is 0. The Morgan fingerprint density at radius 3 is 1.02 bits per heavy atom. The van der Waals surface area contributed by atoms with Crippen molar-refractivity contribution < 1.29 is 96.7 Å². The van der Waals surface area contributed by atoms with Gasteiger partial charge >= 0.3 is 61.7 Å². The normalized spacial score (nSPS) is 16.5. The molecule has 1 unspecified atom stereocenters. The molecule has 23 heteroatoms. The Balaban J connectivity index is 7.15.